The number of hydrogen-bond acceptors (Lipinski definition) is 4. The Morgan fingerprint density at radius 3 is 2.70 bits per heavy atom. The van der Waals surface area contributed by atoms with Gasteiger partial charge in [-0.3, -0.25) is 0 Å². The first-order valence-electron chi connectivity index (χ1n) is 10.6. The fourth-order valence-electron chi connectivity index (χ4n) is 4.95. The molecule has 3 rings (SSSR count). The summed E-state index contributed by atoms with van der Waals surface area (Å²) in [7, 11) is 0. The van der Waals surface area contributed by atoms with Gasteiger partial charge in [-0.25, -0.2) is 4.79 Å². The summed E-state index contributed by atoms with van der Waals surface area (Å²) in [5.41, 5.74) is 0. The Bertz CT molecular complexity index is 526. The monoisotopic (exact) mass is 394 g/mol. The van der Waals surface area contributed by atoms with E-state index in [2.05, 4.69) is 6.08 Å². The number of ether oxygens (including phenoxy) is 1. The number of aliphatic hydroxyl groups excluding tert-OH is 1. The predicted molar refractivity (Wildman–Crippen MR) is 110 cm³/mol. The molecule has 1 aliphatic carbocycles. The Labute approximate surface area is 167 Å². The maximum Gasteiger partial charge on any atom is 0.327 e. The topological polar surface area (TPSA) is 66.8 Å². The van der Waals surface area contributed by atoms with Crippen molar-refractivity contribution in [2.24, 2.45) is 17.8 Å². The molecule has 0 radical (unpaired) electrons. The highest BCUT2D eigenvalue weighted by Gasteiger charge is 2.47. The SMILES string of the molecule is O=C(O)C=CCCSC[C@H]1[C@@H](C=CC(O)CC2CCCCC2)[C@H]2CC[C@@H]1O2. The van der Waals surface area contributed by atoms with Gasteiger partial charge >= 0.3 is 5.97 Å². The average Bonchev–Trinajstić information content (AvgIpc) is 3.25. The van der Waals surface area contributed by atoms with E-state index in [0.29, 0.717) is 30.0 Å². The lowest BCUT2D eigenvalue weighted by molar-refractivity contribution is -0.131. The Kier molecular flexibility index (Phi) is 8.28. The molecule has 5 atom stereocenters. The molecule has 0 aromatic heterocycles. The Balaban J connectivity index is 1.43. The van der Waals surface area contributed by atoms with Crippen LogP contribution in [0.3, 0.4) is 0 Å². The van der Waals surface area contributed by atoms with Crippen LogP contribution in [0, 0.1) is 17.8 Å². The van der Waals surface area contributed by atoms with Gasteiger partial charge in [0, 0.05) is 17.9 Å². The summed E-state index contributed by atoms with van der Waals surface area (Å²) < 4.78 is 6.15. The lowest BCUT2D eigenvalue weighted by Crippen LogP contribution is -2.28. The molecule has 3 aliphatic rings. The van der Waals surface area contributed by atoms with Crippen molar-refractivity contribution < 1.29 is 19.7 Å². The van der Waals surface area contributed by atoms with E-state index in [9.17, 15) is 9.90 Å². The number of aliphatic hydroxyl groups is 1. The second-order valence-electron chi connectivity index (χ2n) is 8.33. The largest absolute Gasteiger partial charge is 0.478 e. The lowest BCUT2D eigenvalue weighted by Gasteiger charge is -2.26. The molecular weight excluding hydrogens is 360 g/mol. The van der Waals surface area contributed by atoms with E-state index in [1.165, 1.54) is 38.2 Å². The summed E-state index contributed by atoms with van der Waals surface area (Å²) in [4.78, 5) is 10.5. The number of aliphatic carboxylic acids is 1. The highest BCUT2D eigenvalue weighted by molar-refractivity contribution is 7.99. The normalized spacial score (nSPS) is 32.6. The van der Waals surface area contributed by atoms with Gasteiger partial charge < -0.3 is 14.9 Å². The van der Waals surface area contributed by atoms with Crippen LogP contribution in [0.15, 0.2) is 24.3 Å². The first kappa shape index (κ1) is 20.9. The zero-order valence-electron chi connectivity index (χ0n) is 16.2. The number of allylic oxidation sites excluding steroid dienone is 1. The number of carboxylic acids is 1. The van der Waals surface area contributed by atoms with E-state index >= 15 is 0 Å². The smallest absolute Gasteiger partial charge is 0.327 e. The van der Waals surface area contributed by atoms with Gasteiger partial charge in [-0.15, -0.1) is 0 Å². The van der Waals surface area contributed by atoms with Crippen molar-refractivity contribution in [2.75, 3.05) is 11.5 Å². The molecule has 2 bridgehead atoms. The van der Waals surface area contributed by atoms with Crippen LogP contribution >= 0.6 is 11.8 Å². The standard InChI is InChI=1S/C22H34O4S/c23-17(14-16-6-2-1-3-7-16)9-10-18-19(21-12-11-20(18)26-21)15-27-13-5-4-8-22(24)25/h4,8-10,16-21,23H,1-3,5-7,11-15H2,(H,24,25)/t17?,18-,19+,20-,21+/m1/s1. The van der Waals surface area contributed by atoms with E-state index in [0.717, 1.165) is 37.2 Å². The molecule has 0 aromatic rings. The van der Waals surface area contributed by atoms with Crippen LogP contribution in [0.4, 0.5) is 0 Å². The summed E-state index contributed by atoms with van der Waals surface area (Å²) in [5.74, 6) is 2.76. The van der Waals surface area contributed by atoms with Gasteiger partial charge in [-0.2, -0.15) is 11.8 Å². The van der Waals surface area contributed by atoms with Gasteiger partial charge in [-0.1, -0.05) is 50.3 Å². The number of hydrogen-bond donors (Lipinski definition) is 2. The third-order valence-corrected chi connectivity index (χ3v) is 7.49. The first-order chi connectivity index (χ1) is 13.1. The number of rotatable bonds is 10. The number of carbonyl (C=O) groups is 1. The summed E-state index contributed by atoms with van der Waals surface area (Å²) in [5, 5.41) is 19.1. The highest BCUT2D eigenvalue weighted by atomic mass is 32.2. The van der Waals surface area contributed by atoms with Crippen molar-refractivity contribution in [3.8, 4) is 0 Å². The van der Waals surface area contributed by atoms with Crippen molar-refractivity contribution in [3.63, 3.8) is 0 Å². The Morgan fingerprint density at radius 2 is 1.93 bits per heavy atom. The summed E-state index contributed by atoms with van der Waals surface area (Å²) in [6.45, 7) is 0. The summed E-state index contributed by atoms with van der Waals surface area (Å²) >= 11 is 1.89. The van der Waals surface area contributed by atoms with Crippen molar-refractivity contribution in [1.82, 2.24) is 0 Å². The van der Waals surface area contributed by atoms with E-state index < -0.39 is 5.97 Å². The minimum atomic E-state index is -0.876. The molecule has 0 aromatic carbocycles. The van der Waals surface area contributed by atoms with E-state index in [4.69, 9.17) is 9.84 Å². The average molecular weight is 395 g/mol. The molecule has 3 fully saturated rings. The van der Waals surface area contributed by atoms with Gasteiger partial charge in [0.2, 0.25) is 0 Å². The maximum atomic E-state index is 10.5. The van der Waals surface area contributed by atoms with Gasteiger partial charge in [0.05, 0.1) is 18.3 Å². The van der Waals surface area contributed by atoms with Gasteiger partial charge in [0.25, 0.3) is 0 Å². The van der Waals surface area contributed by atoms with E-state index in [-0.39, 0.29) is 6.10 Å². The molecule has 1 saturated carbocycles. The molecule has 2 saturated heterocycles. The molecule has 1 unspecified atom stereocenters. The molecule has 152 valence electrons. The van der Waals surface area contributed by atoms with Crippen molar-refractivity contribution in [3.05, 3.63) is 24.3 Å². The minimum Gasteiger partial charge on any atom is -0.478 e. The molecule has 0 amide bonds. The third kappa shape index (κ3) is 6.37. The second kappa shape index (κ2) is 10.7. The van der Waals surface area contributed by atoms with Gasteiger partial charge in [0.1, 0.15) is 0 Å². The van der Waals surface area contributed by atoms with Crippen LogP contribution in [-0.2, 0) is 9.53 Å². The maximum absolute atomic E-state index is 10.5. The highest BCUT2D eigenvalue weighted by Crippen LogP contribution is 2.45. The van der Waals surface area contributed by atoms with Crippen LogP contribution in [0.5, 0.6) is 0 Å². The summed E-state index contributed by atoms with van der Waals surface area (Å²) in [6, 6.07) is 0. The van der Waals surface area contributed by atoms with Gasteiger partial charge in [-0.05, 0) is 43.1 Å². The van der Waals surface area contributed by atoms with Crippen molar-refractivity contribution in [1.29, 1.82) is 0 Å². The first-order valence-corrected chi connectivity index (χ1v) is 11.8. The van der Waals surface area contributed by atoms with E-state index in [1.54, 1.807) is 6.08 Å². The Morgan fingerprint density at radius 1 is 1.15 bits per heavy atom. The molecular formula is C22H34O4S. The van der Waals surface area contributed by atoms with Crippen LogP contribution in [0.25, 0.3) is 0 Å². The third-order valence-electron chi connectivity index (χ3n) is 6.34. The molecule has 2 heterocycles. The lowest BCUT2D eigenvalue weighted by atomic mass is 9.79. The quantitative estimate of drug-likeness (QED) is 0.326. The zero-order valence-corrected chi connectivity index (χ0v) is 17.0. The zero-order chi connectivity index (χ0) is 19.1. The van der Waals surface area contributed by atoms with Crippen molar-refractivity contribution in [2.45, 2.75) is 76.1 Å². The van der Waals surface area contributed by atoms with Crippen LogP contribution in [0.1, 0.15) is 57.8 Å². The van der Waals surface area contributed by atoms with Gasteiger partial charge in [0.15, 0.2) is 0 Å². The van der Waals surface area contributed by atoms with Crippen LogP contribution < -0.4 is 0 Å². The molecule has 2 N–H and O–H groups in total. The number of carboxylic acid groups (broad SMARTS) is 1. The minimum absolute atomic E-state index is 0.318. The van der Waals surface area contributed by atoms with E-state index in [1.807, 2.05) is 17.8 Å². The van der Waals surface area contributed by atoms with Crippen molar-refractivity contribution >= 4 is 17.7 Å². The fourth-order valence-corrected chi connectivity index (χ4v) is 6.13. The molecule has 0 spiro atoms. The fraction of sp³-hybridized carbons (Fsp3) is 0.773. The number of thioether (sulfide) groups is 1. The second-order valence-corrected chi connectivity index (χ2v) is 9.48. The van der Waals surface area contributed by atoms with Crippen LogP contribution in [0.2, 0.25) is 0 Å². The molecule has 27 heavy (non-hydrogen) atoms. The predicted octanol–water partition coefficient (Wildman–Crippen LogP) is 4.43. The molecule has 4 nitrogen and oxygen atoms in total. The number of fused-ring (bicyclic) bond motifs is 2. The summed E-state index contributed by atoms with van der Waals surface area (Å²) in [6.07, 6.45) is 18.2. The molecule has 5 heteroatoms. The van der Waals surface area contributed by atoms with Crippen LogP contribution in [-0.4, -0.2) is 46.0 Å². The Hall–Kier alpha value is -0.780. The molecule has 2 aliphatic heterocycles.